The summed E-state index contributed by atoms with van der Waals surface area (Å²) in [6, 6.07) is 0. The molecule has 2 bridgehead atoms. The Morgan fingerprint density at radius 1 is 1.25 bits per heavy atom. The van der Waals surface area contributed by atoms with E-state index in [-0.39, 0.29) is 0 Å². The van der Waals surface area contributed by atoms with Crippen LogP contribution in [0.25, 0.3) is 0 Å². The van der Waals surface area contributed by atoms with Crippen LogP contribution in [0.4, 0.5) is 0 Å². The van der Waals surface area contributed by atoms with Crippen LogP contribution in [0, 0.1) is 17.8 Å². The third-order valence-corrected chi connectivity index (χ3v) is 5.61. The largest absolute Gasteiger partial charge is 0.340 e. The van der Waals surface area contributed by atoms with E-state index in [1.54, 1.807) is 0 Å². The number of hydrogen-bond donors (Lipinski definition) is 1. The van der Waals surface area contributed by atoms with Crippen molar-refractivity contribution in [3.8, 4) is 0 Å². The second kappa shape index (κ2) is 6.44. The van der Waals surface area contributed by atoms with Crippen molar-refractivity contribution in [2.24, 2.45) is 17.8 Å². The summed E-state index contributed by atoms with van der Waals surface area (Å²) in [4.78, 5) is 16.5. The van der Waals surface area contributed by atoms with E-state index >= 15 is 0 Å². The monoisotopic (exact) mass is 279 g/mol. The van der Waals surface area contributed by atoms with Crippen molar-refractivity contribution in [1.82, 2.24) is 15.1 Å². The highest BCUT2D eigenvalue weighted by Gasteiger charge is 2.39. The van der Waals surface area contributed by atoms with Crippen molar-refractivity contribution < 1.29 is 4.79 Å². The molecule has 3 unspecified atom stereocenters. The number of rotatable bonds is 5. The molecule has 2 aliphatic carbocycles. The fraction of sp³-hybridized carbons (Fsp3) is 0.938. The van der Waals surface area contributed by atoms with Gasteiger partial charge in [-0.15, -0.1) is 0 Å². The zero-order chi connectivity index (χ0) is 13.9. The lowest BCUT2D eigenvalue weighted by atomic mass is 9.88. The predicted octanol–water partition coefficient (Wildman–Crippen LogP) is 1.18. The third-order valence-electron chi connectivity index (χ3n) is 5.61. The number of fused-ring (bicyclic) bond motifs is 2. The van der Waals surface area contributed by atoms with E-state index in [0.29, 0.717) is 12.3 Å². The first-order chi connectivity index (χ1) is 9.72. The van der Waals surface area contributed by atoms with Crippen molar-refractivity contribution in [3.63, 3.8) is 0 Å². The van der Waals surface area contributed by atoms with E-state index in [1.165, 1.54) is 32.2 Å². The standard InChI is InChI=1S/C16H29N3O/c1-18(12-15-11-13-2-3-14(15)10-13)7-4-16(20)19-8-5-17-6-9-19/h13-15,17H,2-12H2,1H3. The Hall–Kier alpha value is -0.610. The van der Waals surface area contributed by atoms with Crippen molar-refractivity contribution >= 4 is 5.91 Å². The minimum Gasteiger partial charge on any atom is -0.340 e. The van der Waals surface area contributed by atoms with Crippen LogP contribution in [0.5, 0.6) is 0 Å². The Morgan fingerprint density at radius 3 is 2.70 bits per heavy atom. The van der Waals surface area contributed by atoms with Crippen molar-refractivity contribution in [2.45, 2.75) is 32.1 Å². The summed E-state index contributed by atoms with van der Waals surface area (Å²) in [5, 5.41) is 3.29. The lowest BCUT2D eigenvalue weighted by molar-refractivity contribution is -0.132. The Morgan fingerprint density at radius 2 is 2.05 bits per heavy atom. The molecule has 4 heteroatoms. The molecule has 20 heavy (non-hydrogen) atoms. The van der Waals surface area contributed by atoms with Gasteiger partial charge in [-0.1, -0.05) is 6.42 Å². The molecule has 3 fully saturated rings. The maximum atomic E-state index is 12.1. The molecule has 2 saturated carbocycles. The first-order valence-corrected chi connectivity index (χ1v) is 8.39. The van der Waals surface area contributed by atoms with Gasteiger partial charge in [0.2, 0.25) is 5.91 Å². The number of amides is 1. The average molecular weight is 279 g/mol. The molecule has 3 atom stereocenters. The topological polar surface area (TPSA) is 35.6 Å². The molecule has 1 aliphatic heterocycles. The van der Waals surface area contributed by atoms with E-state index in [2.05, 4.69) is 17.3 Å². The summed E-state index contributed by atoms with van der Waals surface area (Å²) in [6.45, 7) is 5.80. The maximum Gasteiger partial charge on any atom is 0.223 e. The van der Waals surface area contributed by atoms with Crippen LogP contribution in [-0.4, -0.2) is 62.0 Å². The van der Waals surface area contributed by atoms with Crippen LogP contribution in [0.2, 0.25) is 0 Å². The second-order valence-corrected chi connectivity index (χ2v) is 7.08. The van der Waals surface area contributed by atoms with Crippen molar-refractivity contribution in [1.29, 1.82) is 0 Å². The summed E-state index contributed by atoms with van der Waals surface area (Å²) >= 11 is 0. The van der Waals surface area contributed by atoms with Crippen molar-refractivity contribution in [3.05, 3.63) is 0 Å². The molecule has 0 spiro atoms. The van der Waals surface area contributed by atoms with Crippen molar-refractivity contribution in [2.75, 3.05) is 46.3 Å². The van der Waals surface area contributed by atoms with E-state index in [1.807, 2.05) is 4.90 Å². The van der Waals surface area contributed by atoms with Gasteiger partial charge in [0.25, 0.3) is 0 Å². The fourth-order valence-corrected chi connectivity index (χ4v) is 4.45. The Balaban J connectivity index is 1.36. The minimum absolute atomic E-state index is 0.339. The highest BCUT2D eigenvalue weighted by atomic mass is 16.2. The maximum absolute atomic E-state index is 12.1. The second-order valence-electron chi connectivity index (χ2n) is 7.08. The minimum atomic E-state index is 0.339. The molecule has 1 amide bonds. The van der Waals surface area contributed by atoms with E-state index in [4.69, 9.17) is 0 Å². The van der Waals surface area contributed by atoms with Gasteiger partial charge >= 0.3 is 0 Å². The number of nitrogens with one attached hydrogen (secondary N) is 1. The van der Waals surface area contributed by atoms with E-state index in [9.17, 15) is 4.79 Å². The molecule has 0 aromatic rings. The summed E-state index contributed by atoms with van der Waals surface area (Å²) in [7, 11) is 2.19. The SMILES string of the molecule is CN(CCC(=O)N1CCNCC1)CC1CC2CCC1C2. The number of piperazine rings is 1. The van der Waals surface area contributed by atoms with Gasteiger partial charge in [-0.25, -0.2) is 0 Å². The zero-order valence-electron chi connectivity index (χ0n) is 12.8. The van der Waals surface area contributed by atoms with E-state index in [0.717, 1.165) is 50.5 Å². The highest BCUT2D eigenvalue weighted by Crippen LogP contribution is 2.48. The van der Waals surface area contributed by atoms with Crippen LogP contribution in [0.1, 0.15) is 32.1 Å². The lowest BCUT2D eigenvalue weighted by Crippen LogP contribution is -2.47. The first kappa shape index (κ1) is 14.3. The number of nitrogens with zero attached hydrogens (tertiary/aromatic N) is 2. The van der Waals surface area contributed by atoms with Gasteiger partial charge in [-0.3, -0.25) is 4.79 Å². The van der Waals surface area contributed by atoms with E-state index < -0.39 is 0 Å². The van der Waals surface area contributed by atoms with Crippen LogP contribution in [-0.2, 0) is 4.79 Å². The number of carbonyl (C=O) groups excluding carboxylic acids is 1. The van der Waals surface area contributed by atoms with Gasteiger partial charge in [0.15, 0.2) is 0 Å². The quantitative estimate of drug-likeness (QED) is 0.821. The molecule has 0 aromatic carbocycles. The Kier molecular flexibility index (Phi) is 4.61. The summed E-state index contributed by atoms with van der Waals surface area (Å²) in [5.41, 5.74) is 0. The molecule has 3 rings (SSSR count). The van der Waals surface area contributed by atoms with Gasteiger partial charge in [0.05, 0.1) is 0 Å². The molecule has 3 aliphatic rings. The predicted molar refractivity (Wildman–Crippen MR) is 80.5 cm³/mol. The molecule has 1 N–H and O–H groups in total. The molecule has 114 valence electrons. The summed E-state index contributed by atoms with van der Waals surface area (Å²) in [5.74, 6) is 3.27. The number of hydrogen-bond acceptors (Lipinski definition) is 3. The Labute approximate surface area is 122 Å². The molecular weight excluding hydrogens is 250 g/mol. The van der Waals surface area contributed by atoms with Gasteiger partial charge in [-0.05, 0) is 44.1 Å². The van der Waals surface area contributed by atoms with Gasteiger partial charge in [-0.2, -0.15) is 0 Å². The summed E-state index contributed by atoms with van der Waals surface area (Å²) < 4.78 is 0. The van der Waals surface area contributed by atoms with Gasteiger partial charge in [0, 0.05) is 45.7 Å². The Bertz CT molecular complexity index is 341. The molecule has 1 heterocycles. The van der Waals surface area contributed by atoms with Crippen LogP contribution >= 0.6 is 0 Å². The first-order valence-electron chi connectivity index (χ1n) is 8.39. The highest BCUT2D eigenvalue weighted by molar-refractivity contribution is 5.76. The molecule has 0 aromatic heterocycles. The fourth-order valence-electron chi connectivity index (χ4n) is 4.45. The average Bonchev–Trinajstić information content (AvgIpc) is 3.08. The molecular formula is C16H29N3O. The van der Waals surface area contributed by atoms with Gasteiger partial charge < -0.3 is 15.1 Å². The smallest absolute Gasteiger partial charge is 0.223 e. The van der Waals surface area contributed by atoms with Crippen LogP contribution < -0.4 is 5.32 Å². The summed E-state index contributed by atoms with van der Waals surface area (Å²) in [6.07, 6.45) is 6.56. The third kappa shape index (κ3) is 3.34. The zero-order valence-corrected chi connectivity index (χ0v) is 12.8. The molecule has 1 saturated heterocycles. The molecule has 4 nitrogen and oxygen atoms in total. The van der Waals surface area contributed by atoms with Crippen LogP contribution in [0.3, 0.4) is 0 Å². The van der Waals surface area contributed by atoms with Gasteiger partial charge in [0.1, 0.15) is 0 Å². The lowest BCUT2D eigenvalue weighted by Gasteiger charge is -2.29. The number of carbonyl (C=O) groups is 1. The normalized spacial score (nSPS) is 33.1. The molecule has 0 radical (unpaired) electrons. The van der Waals surface area contributed by atoms with Crippen LogP contribution in [0.15, 0.2) is 0 Å².